The van der Waals surface area contributed by atoms with Gasteiger partial charge in [0.25, 0.3) is 0 Å². The van der Waals surface area contributed by atoms with Gasteiger partial charge in [0.2, 0.25) is 0 Å². The molecule has 0 rings (SSSR count). The molecule has 0 saturated carbocycles. The van der Waals surface area contributed by atoms with Crippen molar-refractivity contribution in [2.24, 2.45) is 0 Å². The SMILES string of the molecule is CNCCCCCCCCN(C)C(C)(C)C. The molecule has 0 bridgehead atoms. The Labute approximate surface area is 103 Å². The number of nitrogens with one attached hydrogen (secondary N) is 1. The van der Waals surface area contributed by atoms with E-state index in [1.54, 1.807) is 0 Å². The number of hydrogen-bond acceptors (Lipinski definition) is 2. The summed E-state index contributed by atoms with van der Waals surface area (Å²) in [6.45, 7) is 9.26. The van der Waals surface area contributed by atoms with Gasteiger partial charge in [-0.05, 0) is 60.8 Å². The summed E-state index contributed by atoms with van der Waals surface area (Å²) in [5.41, 5.74) is 0.326. The lowest BCUT2D eigenvalue weighted by Crippen LogP contribution is -2.38. The topological polar surface area (TPSA) is 15.3 Å². The van der Waals surface area contributed by atoms with Crippen molar-refractivity contribution < 1.29 is 0 Å². The molecule has 0 aliphatic rings. The summed E-state index contributed by atoms with van der Waals surface area (Å²) >= 11 is 0. The van der Waals surface area contributed by atoms with Crippen LogP contribution < -0.4 is 5.32 Å². The van der Waals surface area contributed by atoms with E-state index < -0.39 is 0 Å². The smallest absolute Gasteiger partial charge is 0.0122 e. The van der Waals surface area contributed by atoms with Crippen LogP contribution >= 0.6 is 0 Å². The van der Waals surface area contributed by atoms with Gasteiger partial charge in [-0.2, -0.15) is 0 Å². The van der Waals surface area contributed by atoms with E-state index >= 15 is 0 Å². The van der Waals surface area contributed by atoms with Gasteiger partial charge in [-0.25, -0.2) is 0 Å². The van der Waals surface area contributed by atoms with Crippen LogP contribution in [0.3, 0.4) is 0 Å². The molecular weight excluding hydrogens is 196 g/mol. The highest BCUT2D eigenvalue weighted by atomic mass is 15.1. The predicted octanol–water partition coefficient (Wildman–Crippen LogP) is 3.28. The highest BCUT2D eigenvalue weighted by molar-refractivity contribution is 4.72. The van der Waals surface area contributed by atoms with Crippen LogP contribution in [-0.4, -0.2) is 37.6 Å². The van der Waals surface area contributed by atoms with Gasteiger partial charge in [0.1, 0.15) is 0 Å². The maximum absolute atomic E-state index is 3.19. The molecule has 0 heterocycles. The van der Waals surface area contributed by atoms with Crippen molar-refractivity contribution >= 4 is 0 Å². The third-order valence-electron chi connectivity index (χ3n) is 3.32. The normalized spacial score (nSPS) is 12.4. The van der Waals surface area contributed by atoms with Crippen molar-refractivity contribution in [3.8, 4) is 0 Å². The first-order chi connectivity index (χ1) is 7.48. The fraction of sp³-hybridized carbons (Fsp3) is 1.00. The molecule has 16 heavy (non-hydrogen) atoms. The molecule has 0 radical (unpaired) electrons. The van der Waals surface area contributed by atoms with E-state index in [4.69, 9.17) is 0 Å². The molecule has 0 aromatic rings. The van der Waals surface area contributed by atoms with Crippen LogP contribution in [0.1, 0.15) is 59.3 Å². The second-order valence-electron chi connectivity index (χ2n) is 5.82. The van der Waals surface area contributed by atoms with E-state index in [1.807, 2.05) is 7.05 Å². The first-order valence-electron chi connectivity index (χ1n) is 6.84. The van der Waals surface area contributed by atoms with Crippen molar-refractivity contribution in [3.05, 3.63) is 0 Å². The zero-order valence-corrected chi connectivity index (χ0v) is 12.1. The summed E-state index contributed by atoms with van der Waals surface area (Å²) < 4.78 is 0. The Morgan fingerprint density at radius 1 is 0.875 bits per heavy atom. The highest BCUT2D eigenvalue weighted by Gasteiger charge is 2.15. The maximum Gasteiger partial charge on any atom is 0.0122 e. The molecule has 0 spiro atoms. The van der Waals surface area contributed by atoms with Crippen LogP contribution in [0, 0.1) is 0 Å². The summed E-state index contributed by atoms with van der Waals surface area (Å²) in [4.78, 5) is 2.45. The largest absolute Gasteiger partial charge is 0.320 e. The van der Waals surface area contributed by atoms with Crippen LogP contribution in [-0.2, 0) is 0 Å². The van der Waals surface area contributed by atoms with E-state index in [0.29, 0.717) is 5.54 Å². The van der Waals surface area contributed by atoms with E-state index in [0.717, 1.165) is 0 Å². The molecular formula is C14H32N2. The second kappa shape index (κ2) is 9.00. The molecule has 0 aliphatic heterocycles. The molecule has 0 aromatic carbocycles. The number of unbranched alkanes of at least 4 members (excludes halogenated alkanes) is 5. The van der Waals surface area contributed by atoms with Crippen molar-refractivity contribution in [1.82, 2.24) is 10.2 Å². The van der Waals surface area contributed by atoms with E-state index in [-0.39, 0.29) is 0 Å². The van der Waals surface area contributed by atoms with Gasteiger partial charge in [0.05, 0.1) is 0 Å². The van der Waals surface area contributed by atoms with Crippen LogP contribution in [0.15, 0.2) is 0 Å². The summed E-state index contributed by atoms with van der Waals surface area (Å²) in [5.74, 6) is 0. The lowest BCUT2D eigenvalue weighted by atomic mass is 10.1. The fourth-order valence-electron chi connectivity index (χ4n) is 1.69. The number of nitrogens with zero attached hydrogens (tertiary/aromatic N) is 1. The monoisotopic (exact) mass is 228 g/mol. The van der Waals surface area contributed by atoms with Crippen LogP contribution in [0.2, 0.25) is 0 Å². The maximum atomic E-state index is 3.19. The summed E-state index contributed by atoms with van der Waals surface area (Å²) in [5, 5.41) is 3.19. The first kappa shape index (κ1) is 15.9. The third kappa shape index (κ3) is 9.17. The minimum atomic E-state index is 0.326. The minimum absolute atomic E-state index is 0.326. The Morgan fingerprint density at radius 3 is 1.88 bits per heavy atom. The van der Waals surface area contributed by atoms with Crippen molar-refractivity contribution in [3.63, 3.8) is 0 Å². The molecule has 0 aliphatic carbocycles. The van der Waals surface area contributed by atoms with Gasteiger partial charge >= 0.3 is 0 Å². The zero-order valence-electron chi connectivity index (χ0n) is 12.1. The predicted molar refractivity (Wildman–Crippen MR) is 74.0 cm³/mol. The molecule has 1 N–H and O–H groups in total. The summed E-state index contributed by atoms with van der Waals surface area (Å²) in [6, 6.07) is 0. The minimum Gasteiger partial charge on any atom is -0.320 e. The lowest BCUT2D eigenvalue weighted by Gasteiger charge is -2.31. The summed E-state index contributed by atoms with van der Waals surface area (Å²) in [7, 11) is 4.26. The third-order valence-corrected chi connectivity index (χ3v) is 3.32. The van der Waals surface area contributed by atoms with Crippen molar-refractivity contribution in [2.45, 2.75) is 64.8 Å². The quantitative estimate of drug-likeness (QED) is 0.609. The van der Waals surface area contributed by atoms with Gasteiger partial charge in [-0.3, -0.25) is 0 Å². The van der Waals surface area contributed by atoms with E-state index in [2.05, 4.69) is 38.0 Å². The van der Waals surface area contributed by atoms with E-state index in [9.17, 15) is 0 Å². The van der Waals surface area contributed by atoms with Crippen LogP contribution in [0.25, 0.3) is 0 Å². The molecule has 0 unspecified atom stereocenters. The molecule has 0 fully saturated rings. The Hall–Kier alpha value is -0.0800. The molecule has 0 saturated heterocycles. The van der Waals surface area contributed by atoms with Gasteiger partial charge in [-0.15, -0.1) is 0 Å². The molecule has 2 heteroatoms. The second-order valence-corrected chi connectivity index (χ2v) is 5.82. The summed E-state index contributed by atoms with van der Waals surface area (Å²) in [6.07, 6.45) is 8.26. The number of hydrogen-bond donors (Lipinski definition) is 1. The standard InChI is InChI=1S/C14H32N2/c1-14(2,3)16(5)13-11-9-7-6-8-10-12-15-4/h15H,6-13H2,1-5H3. The molecule has 98 valence electrons. The van der Waals surface area contributed by atoms with Gasteiger partial charge < -0.3 is 10.2 Å². The van der Waals surface area contributed by atoms with Crippen LogP contribution in [0.5, 0.6) is 0 Å². The van der Waals surface area contributed by atoms with Gasteiger partial charge in [0.15, 0.2) is 0 Å². The Morgan fingerprint density at radius 2 is 1.38 bits per heavy atom. The number of rotatable bonds is 9. The highest BCUT2D eigenvalue weighted by Crippen LogP contribution is 2.12. The first-order valence-corrected chi connectivity index (χ1v) is 6.84. The Kier molecular flexibility index (Phi) is 8.96. The molecule has 0 amide bonds. The van der Waals surface area contributed by atoms with E-state index in [1.165, 1.54) is 51.6 Å². The molecule has 0 atom stereocenters. The fourth-order valence-corrected chi connectivity index (χ4v) is 1.69. The molecule has 2 nitrogen and oxygen atoms in total. The van der Waals surface area contributed by atoms with Gasteiger partial charge in [0, 0.05) is 5.54 Å². The van der Waals surface area contributed by atoms with Crippen molar-refractivity contribution in [2.75, 3.05) is 27.2 Å². The Bertz CT molecular complexity index is 149. The average molecular weight is 228 g/mol. The van der Waals surface area contributed by atoms with Crippen LogP contribution in [0.4, 0.5) is 0 Å². The van der Waals surface area contributed by atoms with Crippen molar-refractivity contribution in [1.29, 1.82) is 0 Å². The van der Waals surface area contributed by atoms with Gasteiger partial charge in [-0.1, -0.05) is 25.7 Å². The lowest BCUT2D eigenvalue weighted by molar-refractivity contribution is 0.172. The Balaban J connectivity index is 3.21. The average Bonchev–Trinajstić information content (AvgIpc) is 2.20. The zero-order chi connectivity index (χ0) is 12.4. The molecule has 0 aromatic heterocycles.